The lowest BCUT2D eigenvalue weighted by Crippen LogP contribution is -2.42. The molecule has 0 atom stereocenters. The topological polar surface area (TPSA) is 53.3 Å². The second-order valence-electron chi connectivity index (χ2n) is 5.89. The Balaban J connectivity index is 1.85. The van der Waals surface area contributed by atoms with Gasteiger partial charge in [-0.3, -0.25) is 0 Å². The van der Waals surface area contributed by atoms with Crippen LogP contribution in [0.1, 0.15) is 37.8 Å². The van der Waals surface area contributed by atoms with Crippen molar-refractivity contribution in [3.05, 3.63) is 11.9 Å². The van der Waals surface area contributed by atoms with Crippen LogP contribution in [0.3, 0.4) is 0 Å². The molecule has 0 aromatic carbocycles. The Labute approximate surface area is 115 Å². The molecule has 5 nitrogen and oxygen atoms in total. The van der Waals surface area contributed by atoms with Crippen LogP contribution in [-0.4, -0.2) is 40.9 Å². The molecule has 0 amide bonds. The molecule has 1 aliphatic carbocycles. The number of aromatic nitrogens is 2. The normalized spacial score (nSPS) is 18.5. The first kappa shape index (κ1) is 14.3. The van der Waals surface area contributed by atoms with Crippen LogP contribution >= 0.6 is 0 Å². The summed E-state index contributed by atoms with van der Waals surface area (Å²) in [6.45, 7) is 1.43. The zero-order valence-electron chi connectivity index (χ0n) is 12.3. The van der Waals surface area contributed by atoms with E-state index in [9.17, 15) is 5.11 Å². The smallest absolute Gasteiger partial charge is 0.204 e. The van der Waals surface area contributed by atoms with Gasteiger partial charge in [-0.1, -0.05) is 19.3 Å². The molecule has 108 valence electrons. The number of hydrogen-bond acceptors (Lipinski definition) is 4. The van der Waals surface area contributed by atoms with Crippen LogP contribution in [-0.2, 0) is 13.6 Å². The average molecular weight is 266 g/mol. The van der Waals surface area contributed by atoms with Gasteiger partial charge < -0.3 is 19.9 Å². The van der Waals surface area contributed by atoms with Gasteiger partial charge in [0.15, 0.2) is 0 Å². The molecule has 0 unspecified atom stereocenters. The number of anilines is 1. The van der Waals surface area contributed by atoms with Crippen molar-refractivity contribution < 1.29 is 5.11 Å². The minimum absolute atomic E-state index is 0.499. The lowest BCUT2D eigenvalue weighted by Gasteiger charge is -2.32. The van der Waals surface area contributed by atoms with Crippen molar-refractivity contribution in [2.45, 2.75) is 44.2 Å². The highest BCUT2D eigenvalue weighted by molar-refractivity contribution is 5.30. The molecule has 0 saturated heterocycles. The zero-order chi connectivity index (χ0) is 13.9. The minimum atomic E-state index is -0.499. The van der Waals surface area contributed by atoms with E-state index in [0.717, 1.165) is 43.9 Å². The monoisotopic (exact) mass is 266 g/mol. The highest BCUT2D eigenvalue weighted by atomic mass is 16.3. The van der Waals surface area contributed by atoms with E-state index in [-0.39, 0.29) is 0 Å². The quantitative estimate of drug-likeness (QED) is 0.843. The van der Waals surface area contributed by atoms with Gasteiger partial charge in [-0.25, -0.2) is 4.98 Å². The lowest BCUT2D eigenvalue weighted by molar-refractivity contribution is 0.00458. The standard InChI is InChI=1S/C14H26N4O/c1-17(2)13-16-10-12(18(13)3)9-15-11-14(19)7-5-4-6-8-14/h10,15,19H,4-9,11H2,1-3H3. The van der Waals surface area contributed by atoms with Crippen molar-refractivity contribution in [1.29, 1.82) is 0 Å². The van der Waals surface area contributed by atoms with Crippen molar-refractivity contribution in [2.75, 3.05) is 25.5 Å². The fraction of sp³-hybridized carbons (Fsp3) is 0.786. The SMILES string of the molecule is CN(C)c1ncc(CNCC2(O)CCCCC2)n1C. The average Bonchev–Trinajstić information content (AvgIpc) is 2.72. The molecule has 5 heteroatoms. The maximum absolute atomic E-state index is 10.4. The molecule has 0 aliphatic heterocycles. The Morgan fingerprint density at radius 1 is 1.37 bits per heavy atom. The number of imidazole rings is 1. The van der Waals surface area contributed by atoms with Crippen LogP contribution in [0.15, 0.2) is 6.20 Å². The summed E-state index contributed by atoms with van der Waals surface area (Å²) in [4.78, 5) is 6.38. The van der Waals surface area contributed by atoms with Crippen LogP contribution in [0.2, 0.25) is 0 Å². The van der Waals surface area contributed by atoms with E-state index in [4.69, 9.17) is 0 Å². The van der Waals surface area contributed by atoms with Crippen molar-refractivity contribution in [3.8, 4) is 0 Å². The van der Waals surface area contributed by atoms with E-state index in [1.807, 2.05) is 32.2 Å². The summed E-state index contributed by atoms with van der Waals surface area (Å²) >= 11 is 0. The van der Waals surface area contributed by atoms with Crippen molar-refractivity contribution >= 4 is 5.95 Å². The molecular weight excluding hydrogens is 240 g/mol. The summed E-state index contributed by atoms with van der Waals surface area (Å²) in [5, 5.41) is 13.8. The predicted molar refractivity (Wildman–Crippen MR) is 77.3 cm³/mol. The third kappa shape index (κ3) is 3.48. The van der Waals surface area contributed by atoms with Gasteiger partial charge >= 0.3 is 0 Å². The van der Waals surface area contributed by atoms with Gasteiger partial charge in [-0.15, -0.1) is 0 Å². The summed E-state index contributed by atoms with van der Waals surface area (Å²) in [6.07, 6.45) is 7.30. The molecular formula is C14H26N4O. The number of nitrogens with zero attached hydrogens (tertiary/aromatic N) is 3. The summed E-state index contributed by atoms with van der Waals surface area (Å²) in [5.74, 6) is 0.952. The zero-order valence-corrected chi connectivity index (χ0v) is 12.3. The van der Waals surface area contributed by atoms with Crippen LogP contribution in [0.25, 0.3) is 0 Å². The van der Waals surface area contributed by atoms with Crippen LogP contribution < -0.4 is 10.2 Å². The van der Waals surface area contributed by atoms with Gasteiger partial charge in [-0.2, -0.15) is 0 Å². The van der Waals surface area contributed by atoms with E-state index in [2.05, 4.69) is 14.9 Å². The lowest BCUT2D eigenvalue weighted by atomic mass is 9.85. The molecule has 2 N–H and O–H groups in total. The third-order valence-corrected chi connectivity index (χ3v) is 4.00. The largest absolute Gasteiger partial charge is 0.389 e. The Kier molecular flexibility index (Phi) is 4.47. The molecule has 1 aliphatic rings. The van der Waals surface area contributed by atoms with E-state index in [0.29, 0.717) is 6.54 Å². The van der Waals surface area contributed by atoms with Crippen LogP contribution in [0, 0.1) is 0 Å². The Hall–Kier alpha value is -1.07. The molecule has 19 heavy (non-hydrogen) atoms. The van der Waals surface area contributed by atoms with Gasteiger partial charge in [0.1, 0.15) is 0 Å². The summed E-state index contributed by atoms with van der Waals surface area (Å²) in [5.41, 5.74) is 0.643. The van der Waals surface area contributed by atoms with Gasteiger partial charge in [0.05, 0.1) is 17.5 Å². The molecule has 2 rings (SSSR count). The first-order valence-corrected chi connectivity index (χ1v) is 7.13. The van der Waals surface area contributed by atoms with Crippen LogP contribution in [0.4, 0.5) is 5.95 Å². The van der Waals surface area contributed by atoms with Crippen molar-refractivity contribution in [1.82, 2.24) is 14.9 Å². The van der Waals surface area contributed by atoms with E-state index in [1.54, 1.807) is 0 Å². The Morgan fingerprint density at radius 2 is 2.05 bits per heavy atom. The molecule has 1 aromatic rings. The molecule has 1 heterocycles. The summed E-state index contributed by atoms with van der Waals surface area (Å²) in [6, 6.07) is 0. The third-order valence-electron chi connectivity index (χ3n) is 4.00. The predicted octanol–water partition coefficient (Wildman–Crippen LogP) is 1.27. The van der Waals surface area contributed by atoms with Crippen molar-refractivity contribution in [2.24, 2.45) is 7.05 Å². The second kappa shape index (κ2) is 5.92. The molecule has 1 saturated carbocycles. The van der Waals surface area contributed by atoms with E-state index in [1.165, 1.54) is 6.42 Å². The summed E-state index contributed by atoms with van der Waals surface area (Å²) in [7, 11) is 6.00. The van der Waals surface area contributed by atoms with Gasteiger partial charge in [-0.05, 0) is 12.8 Å². The Morgan fingerprint density at radius 3 is 2.63 bits per heavy atom. The molecule has 0 spiro atoms. The number of aliphatic hydroxyl groups is 1. The maximum atomic E-state index is 10.4. The van der Waals surface area contributed by atoms with E-state index < -0.39 is 5.60 Å². The number of hydrogen-bond donors (Lipinski definition) is 2. The minimum Gasteiger partial charge on any atom is -0.389 e. The molecule has 0 bridgehead atoms. The highest BCUT2D eigenvalue weighted by Gasteiger charge is 2.28. The fourth-order valence-corrected chi connectivity index (χ4v) is 2.82. The molecule has 1 aromatic heterocycles. The first-order valence-electron chi connectivity index (χ1n) is 7.13. The van der Waals surface area contributed by atoms with E-state index >= 15 is 0 Å². The van der Waals surface area contributed by atoms with Gasteiger partial charge in [0.2, 0.25) is 5.95 Å². The number of rotatable bonds is 5. The van der Waals surface area contributed by atoms with Crippen molar-refractivity contribution in [3.63, 3.8) is 0 Å². The Bertz CT molecular complexity index is 408. The van der Waals surface area contributed by atoms with Crippen LogP contribution in [0.5, 0.6) is 0 Å². The molecule has 0 radical (unpaired) electrons. The van der Waals surface area contributed by atoms with Gasteiger partial charge in [0.25, 0.3) is 0 Å². The fourth-order valence-electron chi connectivity index (χ4n) is 2.82. The second-order valence-corrected chi connectivity index (χ2v) is 5.89. The highest BCUT2D eigenvalue weighted by Crippen LogP contribution is 2.27. The number of nitrogens with one attached hydrogen (secondary N) is 1. The van der Waals surface area contributed by atoms with Gasteiger partial charge in [0, 0.05) is 34.2 Å². The first-order chi connectivity index (χ1) is 9.02. The maximum Gasteiger partial charge on any atom is 0.204 e. The summed E-state index contributed by atoms with van der Waals surface area (Å²) < 4.78 is 2.08. The molecule has 1 fully saturated rings.